The number of phosphoric acid groups is 1. The van der Waals surface area contributed by atoms with Gasteiger partial charge in [0, 0.05) is 0 Å². The van der Waals surface area contributed by atoms with Crippen LogP contribution in [-0.4, -0.2) is 24.8 Å². The van der Waals surface area contributed by atoms with Crippen LogP contribution in [0, 0.1) is 0 Å². The normalized spacial score (nSPS) is 16.8. The number of hydrogen-bond acceptors (Lipinski definition) is 4. The van der Waals surface area contributed by atoms with Crippen LogP contribution in [-0.2, 0) is 13.6 Å². The van der Waals surface area contributed by atoms with Crippen LogP contribution in [0.2, 0.25) is 0 Å². The molecule has 1 unspecified atom stereocenters. The van der Waals surface area contributed by atoms with Gasteiger partial charge < -0.3 is 4.89 Å². The first-order valence-electron chi connectivity index (χ1n) is 3.28. The minimum Gasteiger partial charge on any atom is -0.302 e. The summed E-state index contributed by atoms with van der Waals surface area (Å²) >= 11 is 0. The molecule has 0 aromatic carbocycles. The van der Waals surface area contributed by atoms with Gasteiger partial charge in [0.1, 0.15) is 6.73 Å². The van der Waals surface area contributed by atoms with Gasteiger partial charge in [0.2, 0.25) is 0 Å². The number of rotatable bonds is 5. The third-order valence-corrected chi connectivity index (χ3v) is 1.86. The second-order valence-electron chi connectivity index (χ2n) is 2.25. The highest BCUT2D eigenvalue weighted by Gasteiger charge is 2.21. The molecule has 0 aliphatic rings. The Morgan fingerprint density at radius 1 is 1.64 bits per heavy atom. The molecular formula is C5H14NO4P. The molecule has 0 saturated carbocycles. The molecule has 0 rings (SSSR count). The Hall–Kier alpha value is 0.0700. The van der Waals surface area contributed by atoms with Gasteiger partial charge in [-0.1, -0.05) is 0 Å². The van der Waals surface area contributed by atoms with Crippen LogP contribution < -0.4 is 5.32 Å². The molecule has 5 nitrogen and oxygen atoms in total. The van der Waals surface area contributed by atoms with Gasteiger partial charge in [-0.3, -0.25) is 14.4 Å². The average Bonchev–Trinajstić information content (AvgIpc) is 1.81. The topological polar surface area (TPSA) is 67.8 Å². The summed E-state index contributed by atoms with van der Waals surface area (Å²) < 4.78 is 19.9. The molecule has 0 aliphatic heterocycles. The van der Waals surface area contributed by atoms with Crippen LogP contribution in [0.3, 0.4) is 0 Å². The van der Waals surface area contributed by atoms with Gasteiger partial charge in [-0.2, -0.15) is 0 Å². The summed E-state index contributed by atoms with van der Waals surface area (Å²) in [5.41, 5.74) is 0. The van der Waals surface area contributed by atoms with Gasteiger partial charge in [-0.05, 0) is 20.9 Å². The van der Waals surface area contributed by atoms with Gasteiger partial charge >= 0.3 is 7.82 Å². The largest absolute Gasteiger partial charge is 0.473 e. The van der Waals surface area contributed by atoms with Gasteiger partial charge in [-0.15, -0.1) is 0 Å². The second kappa shape index (κ2) is 4.85. The van der Waals surface area contributed by atoms with Crippen molar-refractivity contribution in [3.05, 3.63) is 0 Å². The zero-order valence-electron chi connectivity index (χ0n) is 6.90. The predicted molar refractivity (Wildman–Crippen MR) is 41.1 cm³/mol. The van der Waals surface area contributed by atoms with Crippen LogP contribution in [0.5, 0.6) is 0 Å². The van der Waals surface area contributed by atoms with Crippen molar-refractivity contribution in [3.63, 3.8) is 0 Å². The molecule has 2 N–H and O–H groups in total. The summed E-state index contributed by atoms with van der Waals surface area (Å²) in [5.74, 6) is 0. The van der Waals surface area contributed by atoms with E-state index >= 15 is 0 Å². The monoisotopic (exact) mass is 183 g/mol. The summed E-state index contributed by atoms with van der Waals surface area (Å²) in [6, 6.07) is 0. The molecule has 0 heterocycles. The van der Waals surface area contributed by atoms with Crippen molar-refractivity contribution in [2.24, 2.45) is 0 Å². The van der Waals surface area contributed by atoms with E-state index in [1.807, 2.05) is 0 Å². The fraction of sp³-hybridized carbons (Fsp3) is 1.00. The summed E-state index contributed by atoms with van der Waals surface area (Å²) in [7, 11) is -2.22. The van der Waals surface area contributed by atoms with Crippen molar-refractivity contribution in [2.45, 2.75) is 20.0 Å². The SMILES string of the molecule is CNCOP(=O)(O)OC(C)C. The molecule has 0 radical (unpaired) electrons. The molecule has 0 spiro atoms. The number of nitrogens with one attached hydrogen (secondary N) is 1. The Labute approximate surface area is 66.3 Å². The smallest absolute Gasteiger partial charge is 0.302 e. The first-order valence-corrected chi connectivity index (χ1v) is 4.78. The molecular weight excluding hydrogens is 169 g/mol. The molecule has 0 fully saturated rings. The Kier molecular flexibility index (Phi) is 4.88. The van der Waals surface area contributed by atoms with Crippen molar-refractivity contribution in [3.8, 4) is 0 Å². The summed E-state index contributed by atoms with van der Waals surface area (Å²) in [6.07, 6.45) is -0.317. The van der Waals surface area contributed by atoms with Crippen LogP contribution in [0.1, 0.15) is 13.8 Å². The highest BCUT2D eigenvalue weighted by atomic mass is 31.2. The second-order valence-corrected chi connectivity index (χ2v) is 3.66. The zero-order valence-corrected chi connectivity index (χ0v) is 7.80. The van der Waals surface area contributed by atoms with Crippen molar-refractivity contribution >= 4 is 7.82 Å². The van der Waals surface area contributed by atoms with Crippen molar-refractivity contribution in [1.29, 1.82) is 0 Å². The maximum absolute atomic E-state index is 10.9. The first kappa shape index (κ1) is 11.1. The van der Waals surface area contributed by atoms with Crippen LogP contribution in [0.15, 0.2) is 0 Å². The van der Waals surface area contributed by atoms with E-state index < -0.39 is 7.82 Å². The molecule has 0 aromatic rings. The Balaban J connectivity index is 3.71. The molecule has 0 amide bonds. The third-order valence-electron chi connectivity index (χ3n) is 0.716. The Morgan fingerprint density at radius 2 is 2.18 bits per heavy atom. The minimum atomic E-state index is -3.83. The van der Waals surface area contributed by atoms with E-state index in [1.165, 1.54) is 0 Å². The number of hydrogen-bond donors (Lipinski definition) is 2. The van der Waals surface area contributed by atoms with E-state index in [2.05, 4.69) is 14.4 Å². The van der Waals surface area contributed by atoms with Gasteiger partial charge in [0.05, 0.1) is 6.10 Å². The Bertz CT molecular complexity index is 149. The fourth-order valence-electron chi connectivity index (χ4n) is 0.443. The average molecular weight is 183 g/mol. The van der Waals surface area contributed by atoms with E-state index in [9.17, 15) is 4.57 Å². The Morgan fingerprint density at radius 3 is 2.55 bits per heavy atom. The van der Waals surface area contributed by atoms with E-state index in [4.69, 9.17) is 4.89 Å². The molecule has 1 atom stereocenters. The lowest BCUT2D eigenvalue weighted by molar-refractivity contribution is 0.116. The first-order chi connectivity index (χ1) is 4.98. The van der Waals surface area contributed by atoms with Crippen molar-refractivity contribution < 1.29 is 18.5 Å². The highest BCUT2D eigenvalue weighted by molar-refractivity contribution is 7.47. The quantitative estimate of drug-likeness (QED) is 0.485. The van der Waals surface area contributed by atoms with Crippen LogP contribution in [0.4, 0.5) is 0 Å². The lowest BCUT2D eigenvalue weighted by Gasteiger charge is -2.13. The summed E-state index contributed by atoms with van der Waals surface area (Å²) in [6.45, 7) is 3.32. The number of phosphoric ester groups is 1. The van der Waals surface area contributed by atoms with Crippen LogP contribution >= 0.6 is 7.82 Å². The van der Waals surface area contributed by atoms with Crippen molar-refractivity contribution in [2.75, 3.05) is 13.8 Å². The van der Waals surface area contributed by atoms with Crippen molar-refractivity contribution in [1.82, 2.24) is 5.32 Å². The van der Waals surface area contributed by atoms with E-state index in [-0.39, 0.29) is 12.8 Å². The highest BCUT2D eigenvalue weighted by Crippen LogP contribution is 2.43. The molecule has 0 bridgehead atoms. The van der Waals surface area contributed by atoms with Crippen LogP contribution in [0.25, 0.3) is 0 Å². The van der Waals surface area contributed by atoms with E-state index in [0.717, 1.165) is 0 Å². The lowest BCUT2D eigenvalue weighted by Crippen LogP contribution is -2.12. The molecule has 6 heteroatoms. The molecule has 11 heavy (non-hydrogen) atoms. The standard InChI is InChI=1S/C5H14NO4P/c1-5(2)10-11(7,8)9-4-6-3/h5-6H,4H2,1-3H3,(H,7,8). The fourth-order valence-corrected chi connectivity index (χ4v) is 1.33. The molecule has 0 aromatic heterocycles. The van der Waals surface area contributed by atoms with Gasteiger partial charge in [0.15, 0.2) is 0 Å². The summed E-state index contributed by atoms with van der Waals surface area (Å²) in [5, 5.41) is 2.56. The van der Waals surface area contributed by atoms with E-state index in [0.29, 0.717) is 0 Å². The van der Waals surface area contributed by atoms with Gasteiger partial charge in [0.25, 0.3) is 0 Å². The molecule has 0 aliphatic carbocycles. The molecule has 0 saturated heterocycles. The summed E-state index contributed by atoms with van der Waals surface area (Å²) in [4.78, 5) is 8.89. The minimum absolute atomic E-state index is 0.000494. The van der Waals surface area contributed by atoms with Gasteiger partial charge in [-0.25, -0.2) is 4.57 Å². The zero-order chi connectivity index (χ0) is 8.91. The predicted octanol–water partition coefficient (Wildman–Crippen LogP) is 0.705. The maximum atomic E-state index is 10.9. The lowest BCUT2D eigenvalue weighted by atomic mass is 10.5. The third kappa shape index (κ3) is 6.47. The maximum Gasteiger partial charge on any atom is 0.473 e. The molecule has 68 valence electrons. The van der Waals surface area contributed by atoms with E-state index in [1.54, 1.807) is 20.9 Å².